The summed E-state index contributed by atoms with van der Waals surface area (Å²) in [5.74, 6) is 0.763. The predicted octanol–water partition coefficient (Wildman–Crippen LogP) is 1.45. The zero-order valence-electron chi connectivity index (χ0n) is 11.6. The molecule has 0 spiro atoms. The monoisotopic (exact) mass is 285 g/mol. The van der Waals surface area contributed by atoms with Gasteiger partial charge in [-0.1, -0.05) is 18.2 Å². The van der Waals surface area contributed by atoms with Gasteiger partial charge in [0.2, 0.25) is 0 Å². The number of methoxy groups -OCH3 is 1. The van der Waals surface area contributed by atoms with Gasteiger partial charge < -0.3 is 14.8 Å². The number of benzene rings is 1. The molecule has 1 aromatic heterocycles. The van der Waals surface area contributed by atoms with Crippen LogP contribution in [0.5, 0.6) is 5.75 Å². The van der Waals surface area contributed by atoms with Crippen molar-refractivity contribution in [3.05, 3.63) is 53.1 Å². The van der Waals surface area contributed by atoms with Crippen LogP contribution in [-0.4, -0.2) is 23.0 Å². The third-order valence-corrected chi connectivity index (χ3v) is 3.22. The van der Waals surface area contributed by atoms with Crippen molar-refractivity contribution >= 4 is 5.97 Å². The van der Waals surface area contributed by atoms with E-state index >= 15 is 0 Å². The van der Waals surface area contributed by atoms with E-state index < -0.39 is 5.97 Å². The van der Waals surface area contributed by atoms with E-state index in [0.29, 0.717) is 24.6 Å². The number of nitrogens with zero attached hydrogens (tertiary/aromatic N) is 2. The van der Waals surface area contributed by atoms with Gasteiger partial charge >= 0.3 is 5.97 Å². The van der Waals surface area contributed by atoms with Gasteiger partial charge in [-0.05, 0) is 12.1 Å². The zero-order chi connectivity index (χ0) is 14.7. The molecule has 0 saturated carbocycles. The van der Waals surface area contributed by atoms with Gasteiger partial charge in [-0.25, -0.2) is 14.8 Å². The topological polar surface area (TPSA) is 73.3 Å². The number of carbonyl (C=O) groups excluding carboxylic acids is 1. The Hall–Kier alpha value is -2.47. The fourth-order valence-electron chi connectivity index (χ4n) is 2.21. The molecule has 1 aromatic carbocycles. The number of esters is 1. The number of para-hydroxylation sites is 1. The van der Waals surface area contributed by atoms with Crippen LogP contribution in [0.15, 0.2) is 30.3 Å². The molecule has 6 heteroatoms. The number of hydrogen-bond donors (Lipinski definition) is 1. The normalized spacial score (nSPS) is 12.8. The van der Waals surface area contributed by atoms with Crippen molar-refractivity contribution in [2.24, 2.45) is 0 Å². The Balaban J connectivity index is 1.84. The molecule has 2 heterocycles. The fraction of sp³-hybridized carbons (Fsp3) is 0.267. The Morgan fingerprint density at radius 2 is 2.05 bits per heavy atom. The molecule has 6 nitrogen and oxygen atoms in total. The van der Waals surface area contributed by atoms with E-state index in [2.05, 4.69) is 15.3 Å². The average Bonchev–Trinajstić information content (AvgIpc) is 3.00. The first-order valence-electron chi connectivity index (χ1n) is 6.63. The molecular formula is C15H15N3O3. The summed E-state index contributed by atoms with van der Waals surface area (Å²) in [5.41, 5.74) is 1.96. The van der Waals surface area contributed by atoms with E-state index in [-0.39, 0.29) is 6.61 Å². The molecule has 1 N–H and O–H groups in total. The van der Waals surface area contributed by atoms with E-state index in [0.717, 1.165) is 17.0 Å². The Morgan fingerprint density at radius 1 is 1.24 bits per heavy atom. The smallest absolute Gasteiger partial charge is 0.357 e. The first-order valence-corrected chi connectivity index (χ1v) is 6.63. The highest BCUT2D eigenvalue weighted by Crippen LogP contribution is 2.18. The second-order valence-electron chi connectivity index (χ2n) is 4.61. The highest BCUT2D eigenvalue weighted by Gasteiger charge is 2.23. The molecule has 0 saturated heterocycles. The zero-order valence-corrected chi connectivity index (χ0v) is 11.6. The number of ether oxygens (including phenoxy) is 2. The molecular weight excluding hydrogens is 270 g/mol. The Labute approximate surface area is 122 Å². The number of nitrogens with one attached hydrogen (secondary N) is 1. The molecule has 0 atom stereocenters. The van der Waals surface area contributed by atoms with Crippen LogP contribution >= 0.6 is 0 Å². The molecule has 0 aliphatic carbocycles. The van der Waals surface area contributed by atoms with E-state index in [9.17, 15) is 4.79 Å². The minimum absolute atomic E-state index is 0.210. The highest BCUT2D eigenvalue weighted by molar-refractivity contribution is 5.89. The molecule has 108 valence electrons. The van der Waals surface area contributed by atoms with Gasteiger partial charge in [-0.2, -0.15) is 0 Å². The molecule has 1 aliphatic heterocycles. The quantitative estimate of drug-likeness (QED) is 0.857. The van der Waals surface area contributed by atoms with E-state index in [1.165, 1.54) is 7.11 Å². The number of hydrogen-bond acceptors (Lipinski definition) is 6. The van der Waals surface area contributed by atoms with Crippen LogP contribution in [0.25, 0.3) is 0 Å². The summed E-state index contributed by atoms with van der Waals surface area (Å²) in [4.78, 5) is 20.5. The van der Waals surface area contributed by atoms with Crippen LogP contribution in [0.4, 0.5) is 0 Å². The average molecular weight is 285 g/mol. The lowest BCUT2D eigenvalue weighted by molar-refractivity contribution is 0.0591. The van der Waals surface area contributed by atoms with Crippen molar-refractivity contribution in [3.63, 3.8) is 0 Å². The lowest BCUT2D eigenvalue weighted by Gasteiger charge is -2.09. The van der Waals surface area contributed by atoms with Crippen molar-refractivity contribution in [3.8, 4) is 5.75 Å². The van der Waals surface area contributed by atoms with Crippen LogP contribution in [0.1, 0.15) is 27.6 Å². The third-order valence-electron chi connectivity index (χ3n) is 3.22. The third kappa shape index (κ3) is 2.85. The molecule has 0 amide bonds. The van der Waals surface area contributed by atoms with Gasteiger partial charge in [0.1, 0.15) is 12.4 Å². The molecule has 3 rings (SSSR count). The van der Waals surface area contributed by atoms with E-state index in [1.807, 2.05) is 30.3 Å². The summed E-state index contributed by atoms with van der Waals surface area (Å²) < 4.78 is 10.4. The maximum absolute atomic E-state index is 11.8. The molecule has 2 aromatic rings. The minimum atomic E-state index is -0.446. The fourth-order valence-corrected chi connectivity index (χ4v) is 2.21. The highest BCUT2D eigenvalue weighted by atomic mass is 16.5. The van der Waals surface area contributed by atoms with Gasteiger partial charge in [0, 0.05) is 18.7 Å². The summed E-state index contributed by atoms with van der Waals surface area (Å²) in [6, 6.07) is 9.41. The van der Waals surface area contributed by atoms with Crippen molar-refractivity contribution in [1.29, 1.82) is 0 Å². The number of rotatable bonds is 4. The Kier molecular flexibility index (Phi) is 3.79. The second-order valence-corrected chi connectivity index (χ2v) is 4.61. The SMILES string of the molecule is COC(=O)c1nc(COc2ccccc2)nc2c1CNC2. The lowest BCUT2D eigenvalue weighted by Crippen LogP contribution is -2.14. The number of aromatic nitrogens is 2. The van der Waals surface area contributed by atoms with Crippen molar-refractivity contribution in [1.82, 2.24) is 15.3 Å². The van der Waals surface area contributed by atoms with Gasteiger partial charge in [0.15, 0.2) is 11.5 Å². The Morgan fingerprint density at radius 3 is 2.81 bits per heavy atom. The van der Waals surface area contributed by atoms with Crippen LogP contribution < -0.4 is 10.1 Å². The number of carbonyl (C=O) groups is 1. The predicted molar refractivity (Wildman–Crippen MR) is 74.7 cm³/mol. The van der Waals surface area contributed by atoms with E-state index in [4.69, 9.17) is 9.47 Å². The largest absolute Gasteiger partial charge is 0.486 e. The lowest BCUT2D eigenvalue weighted by atomic mass is 10.2. The molecule has 0 bridgehead atoms. The maximum atomic E-state index is 11.8. The molecule has 0 radical (unpaired) electrons. The first-order chi connectivity index (χ1) is 10.3. The van der Waals surface area contributed by atoms with Gasteiger partial charge in [-0.3, -0.25) is 0 Å². The van der Waals surface area contributed by atoms with Gasteiger partial charge in [-0.15, -0.1) is 0 Å². The van der Waals surface area contributed by atoms with Gasteiger partial charge in [0.05, 0.1) is 12.8 Å². The Bertz CT molecular complexity index is 659. The van der Waals surface area contributed by atoms with Gasteiger partial charge in [0.25, 0.3) is 0 Å². The summed E-state index contributed by atoms with van der Waals surface area (Å²) in [5, 5.41) is 3.16. The summed E-state index contributed by atoms with van der Waals surface area (Å²) in [6.45, 7) is 1.42. The number of fused-ring (bicyclic) bond motifs is 1. The van der Waals surface area contributed by atoms with Crippen LogP contribution in [0, 0.1) is 0 Å². The van der Waals surface area contributed by atoms with Crippen molar-refractivity contribution in [2.45, 2.75) is 19.7 Å². The summed E-state index contributed by atoms with van der Waals surface area (Å²) in [7, 11) is 1.35. The standard InChI is InChI=1S/C15H15N3O3/c1-20-15(19)14-11-7-16-8-12(11)17-13(18-14)9-21-10-5-3-2-4-6-10/h2-6,16H,7-9H2,1H3. The van der Waals surface area contributed by atoms with E-state index in [1.54, 1.807) is 0 Å². The summed E-state index contributed by atoms with van der Waals surface area (Å²) >= 11 is 0. The van der Waals surface area contributed by atoms with Crippen LogP contribution in [0.2, 0.25) is 0 Å². The van der Waals surface area contributed by atoms with Crippen LogP contribution in [-0.2, 0) is 24.4 Å². The molecule has 21 heavy (non-hydrogen) atoms. The molecule has 1 aliphatic rings. The maximum Gasteiger partial charge on any atom is 0.357 e. The van der Waals surface area contributed by atoms with Crippen LogP contribution in [0.3, 0.4) is 0 Å². The molecule has 0 fully saturated rings. The minimum Gasteiger partial charge on any atom is -0.486 e. The van der Waals surface area contributed by atoms with Crippen molar-refractivity contribution in [2.75, 3.05) is 7.11 Å². The molecule has 0 unspecified atom stereocenters. The van der Waals surface area contributed by atoms with Crippen molar-refractivity contribution < 1.29 is 14.3 Å². The first kappa shape index (κ1) is 13.5. The second kappa shape index (κ2) is 5.88. The summed E-state index contributed by atoms with van der Waals surface area (Å²) in [6.07, 6.45) is 0.